The number of aromatic hydroxyl groups is 1. The van der Waals surface area contributed by atoms with Crippen LogP contribution in [0.2, 0.25) is 0 Å². The third-order valence-electron chi connectivity index (χ3n) is 8.16. The first kappa shape index (κ1) is 32.3. The predicted octanol–water partition coefficient (Wildman–Crippen LogP) is -1.93. The highest BCUT2D eigenvalue weighted by Gasteiger charge is 2.48. The number of carbonyl (C=O) groups is 1. The lowest BCUT2D eigenvalue weighted by molar-refractivity contribution is -0.279. The lowest BCUT2D eigenvalue weighted by Gasteiger charge is -2.41. The SMILES string of the molecule is Cc1c(OC2OC(CO)C(O)C(O)C2O)c(C)c(OC2OC(CO)C(O)C(O)C2O)c2c1OC(c1ccc(O)cc1)CC2=O. The average Bonchev–Trinajstić information content (AvgIpc) is 3.01. The van der Waals surface area contributed by atoms with Gasteiger partial charge in [0.25, 0.3) is 0 Å². The first-order valence-electron chi connectivity index (χ1n) is 14.0. The van der Waals surface area contributed by atoms with E-state index in [0.29, 0.717) is 5.56 Å². The summed E-state index contributed by atoms with van der Waals surface area (Å²) in [5.74, 6) is -0.706. The molecule has 0 amide bonds. The van der Waals surface area contributed by atoms with Crippen LogP contribution in [0.5, 0.6) is 23.0 Å². The van der Waals surface area contributed by atoms with Gasteiger partial charge in [-0.05, 0) is 31.5 Å². The molecule has 3 aliphatic heterocycles. The van der Waals surface area contributed by atoms with Crippen molar-refractivity contribution in [3.63, 3.8) is 0 Å². The summed E-state index contributed by atoms with van der Waals surface area (Å²) >= 11 is 0. The van der Waals surface area contributed by atoms with Crippen LogP contribution in [-0.4, -0.2) is 126 Å². The van der Waals surface area contributed by atoms with E-state index in [2.05, 4.69) is 0 Å². The summed E-state index contributed by atoms with van der Waals surface area (Å²) in [5, 5.41) is 91.2. The van der Waals surface area contributed by atoms with E-state index in [1.165, 1.54) is 19.1 Å². The molecule has 0 aliphatic carbocycles. The molecule has 2 fully saturated rings. The Morgan fingerprint density at radius 3 is 1.73 bits per heavy atom. The molecule has 0 spiro atoms. The fraction of sp³-hybridized carbons (Fsp3) is 0.552. The number of carbonyl (C=O) groups excluding carboxylic acids is 1. The molecule has 9 N–H and O–H groups in total. The van der Waals surface area contributed by atoms with Crippen molar-refractivity contribution in [2.75, 3.05) is 13.2 Å². The Labute approximate surface area is 251 Å². The monoisotopic (exact) mass is 624 g/mol. The molecule has 0 saturated carbocycles. The Balaban J connectivity index is 1.59. The zero-order chi connectivity index (χ0) is 32.0. The molecular weight excluding hydrogens is 588 g/mol. The number of phenols is 1. The van der Waals surface area contributed by atoms with E-state index >= 15 is 0 Å². The summed E-state index contributed by atoms with van der Waals surface area (Å²) in [6.45, 7) is 1.60. The molecule has 0 aromatic heterocycles. The normalized spacial score (nSPS) is 35.5. The van der Waals surface area contributed by atoms with Crippen LogP contribution in [0.15, 0.2) is 24.3 Å². The van der Waals surface area contributed by atoms with Crippen LogP contribution in [-0.2, 0) is 9.47 Å². The van der Waals surface area contributed by atoms with Gasteiger partial charge >= 0.3 is 0 Å². The number of rotatable bonds is 7. The second kappa shape index (κ2) is 12.7. The van der Waals surface area contributed by atoms with Crippen molar-refractivity contribution in [3.05, 3.63) is 46.5 Å². The van der Waals surface area contributed by atoms with Gasteiger partial charge in [0.2, 0.25) is 12.6 Å². The van der Waals surface area contributed by atoms with Gasteiger partial charge < -0.3 is 69.6 Å². The molecule has 3 heterocycles. The molecule has 44 heavy (non-hydrogen) atoms. The molecule has 11 atom stereocenters. The van der Waals surface area contributed by atoms with Crippen molar-refractivity contribution >= 4 is 5.78 Å². The van der Waals surface area contributed by atoms with Crippen LogP contribution in [0.1, 0.15) is 39.6 Å². The fourth-order valence-electron chi connectivity index (χ4n) is 5.58. The van der Waals surface area contributed by atoms with E-state index in [1.54, 1.807) is 19.1 Å². The number of Topliss-reactive ketones (excluding diaryl/α,β-unsaturated/α-hetero) is 1. The Bertz CT molecular complexity index is 1350. The molecule has 15 heteroatoms. The number of hydrogen-bond donors (Lipinski definition) is 9. The Morgan fingerprint density at radius 1 is 0.727 bits per heavy atom. The van der Waals surface area contributed by atoms with Crippen molar-refractivity contribution in [3.8, 4) is 23.0 Å². The number of ketones is 1. The molecule has 3 aliphatic rings. The maximum absolute atomic E-state index is 13.7. The van der Waals surface area contributed by atoms with Crippen molar-refractivity contribution in [1.82, 2.24) is 0 Å². The third-order valence-corrected chi connectivity index (χ3v) is 8.16. The molecule has 2 aromatic carbocycles. The van der Waals surface area contributed by atoms with Crippen LogP contribution >= 0.6 is 0 Å². The third kappa shape index (κ3) is 5.72. The van der Waals surface area contributed by atoms with Crippen LogP contribution in [0.25, 0.3) is 0 Å². The number of ether oxygens (including phenoxy) is 5. The Kier molecular flexibility index (Phi) is 9.34. The topological polar surface area (TPSA) is 245 Å². The lowest BCUT2D eigenvalue weighted by Crippen LogP contribution is -2.60. The molecule has 0 bridgehead atoms. The number of aliphatic hydroxyl groups is 8. The molecule has 5 rings (SSSR count). The number of phenolic OH excluding ortho intramolecular Hbond substituents is 1. The number of aliphatic hydroxyl groups excluding tert-OH is 8. The van der Waals surface area contributed by atoms with Gasteiger partial charge in [0.15, 0.2) is 5.78 Å². The summed E-state index contributed by atoms with van der Waals surface area (Å²) in [6.07, 6.45) is -17.3. The highest BCUT2D eigenvalue weighted by Crippen LogP contribution is 2.49. The van der Waals surface area contributed by atoms with E-state index < -0.39 is 86.5 Å². The van der Waals surface area contributed by atoms with Gasteiger partial charge in [0, 0.05) is 11.1 Å². The molecule has 2 aromatic rings. The summed E-state index contributed by atoms with van der Waals surface area (Å²) < 4.78 is 29.2. The van der Waals surface area contributed by atoms with E-state index in [0.717, 1.165) is 0 Å². The Morgan fingerprint density at radius 2 is 1.23 bits per heavy atom. The minimum atomic E-state index is -1.82. The number of fused-ring (bicyclic) bond motifs is 1. The van der Waals surface area contributed by atoms with Crippen molar-refractivity contribution < 1.29 is 74.4 Å². The summed E-state index contributed by atoms with van der Waals surface area (Å²) in [6, 6.07) is 6.03. The second-order valence-electron chi connectivity index (χ2n) is 11.1. The Hall–Kier alpha value is -3.09. The first-order valence-corrected chi connectivity index (χ1v) is 14.0. The largest absolute Gasteiger partial charge is 0.508 e. The highest BCUT2D eigenvalue weighted by atomic mass is 16.7. The van der Waals surface area contributed by atoms with Crippen LogP contribution in [0.3, 0.4) is 0 Å². The van der Waals surface area contributed by atoms with Gasteiger partial charge in [-0.15, -0.1) is 0 Å². The van der Waals surface area contributed by atoms with Crippen molar-refractivity contribution in [2.45, 2.75) is 87.8 Å². The predicted molar refractivity (Wildman–Crippen MR) is 145 cm³/mol. The molecule has 15 nitrogen and oxygen atoms in total. The number of benzene rings is 2. The summed E-state index contributed by atoms with van der Waals surface area (Å²) in [5.41, 5.74) is 0.866. The van der Waals surface area contributed by atoms with Crippen LogP contribution in [0.4, 0.5) is 0 Å². The fourth-order valence-corrected chi connectivity index (χ4v) is 5.58. The van der Waals surface area contributed by atoms with Gasteiger partial charge in [-0.25, -0.2) is 0 Å². The maximum atomic E-state index is 13.7. The van der Waals surface area contributed by atoms with Crippen LogP contribution < -0.4 is 14.2 Å². The van der Waals surface area contributed by atoms with Gasteiger partial charge in [-0.3, -0.25) is 4.79 Å². The molecule has 242 valence electrons. The first-order chi connectivity index (χ1) is 20.9. The molecule has 0 radical (unpaired) electrons. The summed E-state index contributed by atoms with van der Waals surface area (Å²) in [7, 11) is 0. The standard InChI is InChI=1S/C29H36O15/c1-10-25(43-28-23(38)21(36)19(34)16(8-30)41-28)11(2)27(44-29-24(39)22(37)20(35)17(9-31)42-29)18-14(33)7-15(40-26(10)18)12-3-5-13(32)6-4-12/h3-6,15-17,19-24,28-32,34-39H,7-9H2,1-2H3. The molecule has 11 unspecified atom stereocenters. The van der Waals surface area contributed by atoms with Gasteiger partial charge in [-0.1, -0.05) is 12.1 Å². The quantitative estimate of drug-likeness (QED) is 0.163. The number of hydrogen-bond acceptors (Lipinski definition) is 15. The van der Waals surface area contributed by atoms with E-state index in [4.69, 9.17) is 23.7 Å². The highest BCUT2D eigenvalue weighted by molar-refractivity contribution is 6.04. The van der Waals surface area contributed by atoms with Gasteiger partial charge in [0.05, 0.1) is 19.6 Å². The van der Waals surface area contributed by atoms with Crippen LogP contribution in [0, 0.1) is 13.8 Å². The van der Waals surface area contributed by atoms with E-state index in [9.17, 15) is 50.8 Å². The zero-order valence-corrected chi connectivity index (χ0v) is 23.8. The second-order valence-corrected chi connectivity index (χ2v) is 11.1. The lowest BCUT2D eigenvalue weighted by atomic mass is 9.91. The van der Waals surface area contributed by atoms with Crippen molar-refractivity contribution in [1.29, 1.82) is 0 Å². The molecule has 2 saturated heterocycles. The minimum Gasteiger partial charge on any atom is -0.508 e. The zero-order valence-electron chi connectivity index (χ0n) is 23.8. The van der Waals surface area contributed by atoms with Gasteiger partial charge in [0.1, 0.15) is 83.5 Å². The maximum Gasteiger partial charge on any atom is 0.229 e. The van der Waals surface area contributed by atoms with Crippen molar-refractivity contribution in [2.24, 2.45) is 0 Å². The van der Waals surface area contributed by atoms with E-state index in [-0.39, 0.29) is 46.1 Å². The minimum absolute atomic E-state index is 0.00789. The smallest absolute Gasteiger partial charge is 0.229 e. The van der Waals surface area contributed by atoms with E-state index in [1.807, 2.05) is 0 Å². The molecular formula is C29H36O15. The van der Waals surface area contributed by atoms with Gasteiger partial charge in [-0.2, -0.15) is 0 Å². The summed E-state index contributed by atoms with van der Waals surface area (Å²) in [4.78, 5) is 13.7. The average molecular weight is 625 g/mol.